The second kappa shape index (κ2) is 7.75. The van der Waals surface area contributed by atoms with Crippen molar-refractivity contribution in [2.45, 2.75) is 57.6 Å². The third kappa shape index (κ3) is 4.29. The molecular formula is C17H26FNO. The van der Waals surface area contributed by atoms with E-state index in [0.717, 1.165) is 12.0 Å². The van der Waals surface area contributed by atoms with E-state index in [4.69, 9.17) is 10.5 Å². The highest BCUT2D eigenvalue weighted by Gasteiger charge is 2.29. The summed E-state index contributed by atoms with van der Waals surface area (Å²) < 4.78 is 18.9. The molecule has 0 amide bonds. The fraction of sp³-hybridized carbons (Fsp3) is 0.647. The van der Waals surface area contributed by atoms with E-state index in [9.17, 15) is 4.39 Å². The molecule has 1 fully saturated rings. The van der Waals surface area contributed by atoms with Crippen LogP contribution in [0.25, 0.3) is 0 Å². The molecule has 0 heterocycles. The van der Waals surface area contributed by atoms with Crippen LogP contribution in [-0.2, 0) is 11.2 Å². The number of benzene rings is 1. The Kier molecular flexibility index (Phi) is 5.99. The zero-order chi connectivity index (χ0) is 14.4. The van der Waals surface area contributed by atoms with E-state index in [1.54, 1.807) is 0 Å². The van der Waals surface area contributed by atoms with Crippen molar-refractivity contribution in [1.29, 1.82) is 0 Å². The molecule has 0 aliphatic heterocycles. The van der Waals surface area contributed by atoms with Gasteiger partial charge < -0.3 is 10.5 Å². The molecule has 3 heteroatoms. The summed E-state index contributed by atoms with van der Waals surface area (Å²) in [4.78, 5) is 0. The molecule has 20 heavy (non-hydrogen) atoms. The van der Waals surface area contributed by atoms with Crippen molar-refractivity contribution in [3.63, 3.8) is 0 Å². The molecule has 1 aromatic rings. The predicted molar refractivity (Wildman–Crippen MR) is 80.1 cm³/mol. The van der Waals surface area contributed by atoms with Crippen molar-refractivity contribution in [3.8, 4) is 0 Å². The molecule has 1 saturated carbocycles. The lowest BCUT2D eigenvalue weighted by atomic mass is 9.81. The van der Waals surface area contributed by atoms with Gasteiger partial charge in [0.2, 0.25) is 0 Å². The predicted octanol–water partition coefficient (Wildman–Crippen LogP) is 3.68. The van der Waals surface area contributed by atoms with Gasteiger partial charge in [-0.15, -0.1) is 0 Å². The second-order valence-electron chi connectivity index (χ2n) is 5.81. The third-order valence-electron chi connectivity index (χ3n) is 4.28. The average Bonchev–Trinajstić information content (AvgIpc) is 2.48. The van der Waals surface area contributed by atoms with E-state index in [-0.39, 0.29) is 18.0 Å². The van der Waals surface area contributed by atoms with Gasteiger partial charge in [0.25, 0.3) is 0 Å². The van der Waals surface area contributed by atoms with Crippen LogP contribution in [0.15, 0.2) is 24.3 Å². The van der Waals surface area contributed by atoms with Crippen LogP contribution in [0.3, 0.4) is 0 Å². The van der Waals surface area contributed by atoms with Gasteiger partial charge >= 0.3 is 0 Å². The molecule has 0 spiro atoms. The summed E-state index contributed by atoms with van der Waals surface area (Å²) in [6.07, 6.45) is 7.24. The SMILES string of the molecule is CCOC(C(N)Cc1ccc(F)cc1)C1CCCCC1. The summed E-state index contributed by atoms with van der Waals surface area (Å²) in [5.41, 5.74) is 7.47. The van der Waals surface area contributed by atoms with Gasteiger partial charge in [0.05, 0.1) is 6.10 Å². The summed E-state index contributed by atoms with van der Waals surface area (Å²) in [5, 5.41) is 0. The van der Waals surface area contributed by atoms with Gasteiger partial charge in [-0.1, -0.05) is 31.4 Å². The quantitative estimate of drug-likeness (QED) is 0.862. The van der Waals surface area contributed by atoms with Gasteiger partial charge in [-0.2, -0.15) is 0 Å². The molecule has 0 bridgehead atoms. The first kappa shape index (κ1) is 15.5. The summed E-state index contributed by atoms with van der Waals surface area (Å²) >= 11 is 0. The van der Waals surface area contributed by atoms with Crippen molar-refractivity contribution >= 4 is 0 Å². The van der Waals surface area contributed by atoms with Gasteiger partial charge in [-0.25, -0.2) is 4.39 Å². The molecule has 112 valence electrons. The van der Waals surface area contributed by atoms with E-state index in [1.165, 1.54) is 44.2 Å². The van der Waals surface area contributed by atoms with Crippen molar-refractivity contribution in [2.24, 2.45) is 11.7 Å². The molecule has 0 saturated heterocycles. The maximum Gasteiger partial charge on any atom is 0.123 e. The molecule has 1 aliphatic rings. The maximum absolute atomic E-state index is 12.9. The van der Waals surface area contributed by atoms with E-state index >= 15 is 0 Å². The van der Waals surface area contributed by atoms with Crippen LogP contribution < -0.4 is 5.73 Å². The Morgan fingerprint density at radius 2 is 1.85 bits per heavy atom. The molecule has 1 aromatic carbocycles. The standard InChI is InChI=1S/C17H26FNO/c1-2-20-17(14-6-4-3-5-7-14)16(19)12-13-8-10-15(18)11-9-13/h8-11,14,16-17H,2-7,12,19H2,1H3. The van der Waals surface area contributed by atoms with E-state index in [0.29, 0.717) is 12.5 Å². The molecule has 2 rings (SSSR count). The van der Waals surface area contributed by atoms with Gasteiger partial charge in [0.1, 0.15) is 5.82 Å². The first-order valence-corrected chi connectivity index (χ1v) is 7.82. The summed E-state index contributed by atoms with van der Waals surface area (Å²) in [6, 6.07) is 6.62. The molecule has 2 nitrogen and oxygen atoms in total. The average molecular weight is 279 g/mol. The van der Waals surface area contributed by atoms with Crippen molar-refractivity contribution in [2.75, 3.05) is 6.61 Å². The number of rotatable bonds is 6. The van der Waals surface area contributed by atoms with E-state index < -0.39 is 0 Å². The number of ether oxygens (including phenoxy) is 1. The van der Waals surface area contributed by atoms with Crippen LogP contribution in [0, 0.1) is 11.7 Å². The van der Waals surface area contributed by atoms with Crippen LogP contribution in [-0.4, -0.2) is 18.8 Å². The highest BCUT2D eigenvalue weighted by Crippen LogP contribution is 2.29. The van der Waals surface area contributed by atoms with Gasteiger partial charge in [-0.05, 0) is 49.8 Å². The normalized spacial score (nSPS) is 19.8. The highest BCUT2D eigenvalue weighted by molar-refractivity contribution is 5.17. The molecule has 0 radical (unpaired) electrons. The van der Waals surface area contributed by atoms with Crippen LogP contribution in [0.5, 0.6) is 0 Å². The fourth-order valence-electron chi connectivity index (χ4n) is 3.27. The Morgan fingerprint density at radius 3 is 2.45 bits per heavy atom. The fourth-order valence-corrected chi connectivity index (χ4v) is 3.27. The Hall–Kier alpha value is -0.930. The molecule has 0 aromatic heterocycles. The van der Waals surface area contributed by atoms with Crippen molar-refractivity contribution in [1.82, 2.24) is 0 Å². The van der Waals surface area contributed by atoms with Crippen molar-refractivity contribution < 1.29 is 9.13 Å². The second-order valence-corrected chi connectivity index (χ2v) is 5.81. The topological polar surface area (TPSA) is 35.2 Å². The molecule has 2 atom stereocenters. The molecule has 1 aliphatic carbocycles. The monoisotopic (exact) mass is 279 g/mol. The Balaban J connectivity index is 1.98. The summed E-state index contributed by atoms with van der Waals surface area (Å²) in [5.74, 6) is 0.384. The lowest BCUT2D eigenvalue weighted by Gasteiger charge is -2.34. The van der Waals surface area contributed by atoms with E-state index in [1.807, 2.05) is 19.1 Å². The molecule has 2 unspecified atom stereocenters. The Labute approximate surface area is 121 Å². The zero-order valence-corrected chi connectivity index (χ0v) is 12.4. The minimum atomic E-state index is -0.198. The van der Waals surface area contributed by atoms with Gasteiger partial charge in [-0.3, -0.25) is 0 Å². The number of halogens is 1. The first-order chi connectivity index (χ1) is 9.70. The summed E-state index contributed by atoms with van der Waals surface area (Å²) in [6.45, 7) is 2.73. The lowest BCUT2D eigenvalue weighted by Crippen LogP contribution is -2.44. The highest BCUT2D eigenvalue weighted by atomic mass is 19.1. The molecule has 2 N–H and O–H groups in total. The number of hydrogen-bond donors (Lipinski definition) is 1. The third-order valence-corrected chi connectivity index (χ3v) is 4.28. The Morgan fingerprint density at radius 1 is 1.20 bits per heavy atom. The number of hydrogen-bond acceptors (Lipinski definition) is 2. The Bertz CT molecular complexity index is 386. The number of nitrogens with two attached hydrogens (primary N) is 1. The van der Waals surface area contributed by atoms with Gasteiger partial charge in [0, 0.05) is 12.6 Å². The van der Waals surface area contributed by atoms with Crippen LogP contribution >= 0.6 is 0 Å². The minimum Gasteiger partial charge on any atom is -0.377 e. The smallest absolute Gasteiger partial charge is 0.123 e. The lowest BCUT2D eigenvalue weighted by molar-refractivity contribution is -0.00912. The zero-order valence-electron chi connectivity index (χ0n) is 12.4. The van der Waals surface area contributed by atoms with Crippen molar-refractivity contribution in [3.05, 3.63) is 35.6 Å². The van der Waals surface area contributed by atoms with E-state index in [2.05, 4.69) is 0 Å². The van der Waals surface area contributed by atoms with Crippen LogP contribution in [0.4, 0.5) is 4.39 Å². The first-order valence-electron chi connectivity index (χ1n) is 7.82. The largest absolute Gasteiger partial charge is 0.377 e. The van der Waals surface area contributed by atoms with Crippen LogP contribution in [0.2, 0.25) is 0 Å². The van der Waals surface area contributed by atoms with Crippen LogP contribution in [0.1, 0.15) is 44.6 Å². The van der Waals surface area contributed by atoms with Gasteiger partial charge in [0.15, 0.2) is 0 Å². The molecular weight excluding hydrogens is 253 g/mol. The maximum atomic E-state index is 12.9. The summed E-state index contributed by atoms with van der Waals surface area (Å²) in [7, 11) is 0. The minimum absolute atomic E-state index is 0.0106.